The van der Waals surface area contributed by atoms with Crippen molar-refractivity contribution in [3.05, 3.63) is 138 Å². The Bertz CT molecular complexity index is 1730. The van der Waals surface area contributed by atoms with Gasteiger partial charge in [-0.15, -0.1) is 10.2 Å². The van der Waals surface area contributed by atoms with Gasteiger partial charge in [0.2, 0.25) is 11.7 Å². The zero-order valence-corrected chi connectivity index (χ0v) is 23.1. The summed E-state index contributed by atoms with van der Waals surface area (Å²) in [6.07, 6.45) is 3.66. The van der Waals surface area contributed by atoms with Gasteiger partial charge in [0.15, 0.2) is 16.6 Å². The highest BCUT2D eigenvalue weighted by Crippen LogP contribution is 2.30. The second-order valence-electron chi connectivity index (χ2n) is 9.50. The minimum atomic E-state index is -0.294. The maximum Gasteiger partial charge on any atom is 0.273 e. The molecule has 0 spiro atoms. The number of thioether (sulfide) groups is 1. The number of hydrogen-bond donors (Lipinski definition) is 1. The van der Waals surface area contributed by atoms with E-state index in [0.29, 0.717) is 34.8 Å². The first-order valence-corrected chi connectivity index (χ1v) is 14.2. The second kappa shape index (κ2) is 12.1. The Morgan fingerprint density at radius 1 is 0.927 bits per heavy atom. The quantitative estimate of drug-likeness (QED) is 0.183. The van der Waals surface area contributed by atoms with Crippen LogP contribution >= 0.6 is 11.8 Å². The molecule has 0 radical (unpaired) electrons. The zero-order valence-electron chi connectivity index (χ0n) is 22.3. The van der Waals surface area contributed by atoms with Crippen LogP contribution in [-0.4, -0.2) is 25.7 Å². The van der Waals surface area contributed by atoms with Crippen molar-refractivity contribution in [3.63, 3.8) is 0 Å². The molecule has 6 aromatic rings. The number of amides is 1. The average Bonchev–Trinajstić information content (AvgIpc) is 3.78. The Morgan fingerprint density at radius 2 is 1.73 bits per heavy atom. The molecule has 3 aromatic heterocycles. The number of nitrogens with zero attached hydrogens (tertiary/aromatic N) is 4. The van der Waals surface area contributed by atoms with E-state index in [0.717, 1.165) is 22.4 Å². The van der Waals surface area contributed by atoms with Crippen LogP contribution in [0.2, 0.25) is 0 Å². The van der Waals surface area contributed by atoms with Crippen molar-refractivity contribution in [3.8, 4) is 17.3 Å². The van der Waals surface area contributed by atoms with Crippen LogP contribution < -0.4 is 5.32 Å². The van der Waals surface area contributed by atoms with Gasteiger partial charge in [-0.3, -0.25) is 9.36 Å². The van der Waals surface area contributed by atoms with Gasteiger partial charge >= 0.3 is 0 Å². The Balaban J connectivity index is 1.18. The van der Waals surface area contributed by atoms with Gasteiger partial charge in [0, 0.05) is 0 Å². The summed E-state index contributed by atoms with van der Waals surface area (Å²) in [6.45, 7) is 2.04. The van der Waals surface area contributed by atoms with Gasteiger partial charge in [0.25, 0.3) is 5.91 Å². The number of aryl methyl sites for hydroxylation is 1. The number of benzene rings is 3. The molecule has 0 aliphatic rings. The molecular formula is C32H27N5O3S. The van der Waals surface area contributed by atoms with Crippen LogP contribution in [-0.2, 0) is 12.2 Å². The highest BCUT2D eigenvalue weighted by molar-refractivity contribution is 7.98. The fourth-order valence-corrected chi connectivity index (χ4v) is 5.36. The lowest BCUT2D eigenvalue weighted by Crippen LogP contribution is -2.30. The average molecular weight is 562 g/mol. The van der Waals surface area contributed by atoms with Gasteiger partial charge in [-0.05, 0) is 54.3 Å². The van der Waals surface area contributed by atoms with Gasteiger partial charge in [-0.25, -0.2) is 4.98 Å². The summed E-state index contributed by atoms with van der Waals surface area (Å²) in [7, 11) is 0. The molecule has 0 saturated carbocycles. The molecule has 204 valence electrons. The highest BCUT2D eigenvalue weighted by atomic mass is 32.2. The fourth-order valence-electron chi connectivity index (χ4n) is 4.56. The minimum absolute atomic E-state index is 0.214. The number of carbonyl (C=O) groups is 1. The van der Waals surface area contributed by atoms with Crippen molar-refractivity contribution >= 4 is 17.7 Å². The molecule has 0 saturated heterocycles. The van der Waals surface area contributed by atoms with Crippen LogP contribution in [0.4, 0.5) is 0 Å². The third kappa shape index (κ3) is 6.15. The van der Waals surface area contributed by atoms with E-state index >= 15 is 0 Å². The maximum absolute atomic E-state index is 13.2. The summed E-state index contributed by atoms with van der Waals surface area (Å²) in [5.74, 6) is 1.70. The predicted octanol–water partition coefficient (Wildman–Crippen LogP) is 6.83. The summed E-state index contributed by atoms with van der Waals surface area (Å²) < 4.78 is 13.2. The lowest BCUT2D eigenvalue weighted by Gasteiger charge is -2.19. The third-order valence-corrected chi connectivity index (χ3v) is 7.45. The molecular weight excluding hydrogens is 534 g/mol. The van der Waals surface area contributed by atoms with E-state index in [1.54, 1.807) is 6.26 Å². The molecule has 0 aliphatic heterocycles. The van der Waals surface area contributed by atoms with Gasteiger partial charge in [-0.2, -0.15) is 0 Å². The van der Waals surface area contributed by atoms with Crippen molar-refractivity contribution in [1.29, 1.82) is 0 Å². The smallest absolute Gasteiger partial charge is 0.273 e. The number of rotatable bonds is 10. The number of aromatic nitrogens is 4. The molecule has 0 bridgehead atoms. The standard InChI is InChI=1S/C32H27N5O3S/c1-22-10-8-15-25(18-22)37-30(28-16-9-17-39-28)35-36-32(37)41-21-29-33-27(20-40-29)31(38)34-26(24-13-6-3-7-14-24)19-23-11-4-2-5-12-23/h2-18,20,26H,19,21H2,1H3,(H,34,38). The largest absolute Gasteiger partial charge is 0.461 e. The van der Waals surface area contributed by atoms with E-state index in [1.807, 2.05) is 90.4 Å². The number of oxazole rings is 1. The fraction of sp³-hybridized carbons (Fsp3) is 0.125. The number of hydrogen-bond acceptors (Lipinski definition) is 7. The van der Waals surface area contributed by atoms with Gasteiger partial charge in [-0.1, -0.05) is 84.6 Å². The van der Waals surface area contributed by atoms with Crippen molar-refractivity contribution in [1.82, 2.24) is 25.1 Å². The van der Waals surface area contributed by atoms with Crippen LogP contribution in [0.15, 0.2) is 124 Å². The molecule has 1 unspecified atom stereocenters. The van der Waals surface area contributed by atoms with Crippen LogP contribution in [0.25, 0.3) is 17.3 Å². The molecule has 3 heterocycles. The zero-order chi connectivity index (χ0) is 28.0. The van der Waals surface area contributed by atoms with Gasteiger partial charge in [0.1, 0.15) is 6.26 Å². The van der Waals surface area contributed by atoms with E-state index in [2.05, 4.69) is 38.7 Å². The Hall–Kier alpha value is -4.89. The highest BCUT2D eigenvalue weighted by Gasteiger charge is 2.21. The van der Waals surface area contributed by atoms with Crippen LogP contribution in [0, 0.1) is 6.92 Å². The monoisotopic (exact) mass is 561 g/mol. The van der Waals surface area contributed by atoms with Gasteiger partial charge in [0.05, 0.1) is 23.7 Å². The summed E-state index contributed by atoms with van der Waals surface area (Å²) in [5, 5.41) is 12.6. The minimum Gasteiger partial charge on any atom is -0.461 e. The van der Waals surface area contributed by atoms with E-state index in [1.165, 1.54) is 18.0 Å². The van der Waals surface area contributed by atoms with Crippen LogP contribution in [0.1, 0.15) is 39.1 Å². The van der Waals surface area contributed by atoms with Crippen molar-refractivity contribution in [2.45, 2.75) is 30.3 Å². The van der Waals surface area contributed by atoms with Crippen LogP contribution in [0.5, 0.6) is 0 Å². The topological polar surface area (TPSA) is 99.0 Å². The SMILES string of the molecule is Cc1cccc(-n2c(SCc3nc(C(=O)NC(Cc4ccccc4)c4ccccc4)co3)nnc2-c2ccco2)c1. The molecule has 8 nitrogen and oxygen atoms in total. The first-order valence-electron chi connectivity index (χ1n) is 13.2. The van der Waals surface area contributed by atoms with Crippen molar-refractivity contribution in [2.75, 3.05) is 0 Å². The van der Waals surface area contributed by atoms with E-state index in [4.69, 9.17) is 8.83 Å². The molecule has 3 aromatic carbocycles. The summed E-state index contributed by atoms with van der Waals surface area (Å²) in [5.41, 5.74) is 4.41. The summed E-state index contributed by atoms with van der Waals surface area (Å²) in [4.78, 5) is 17.7. The lowest BCUT2D eigenvalue weighted by atomic mass is 9.99. The summed E-state index contributed by atoms with van der Waals surface area (Å²) in [6, 6.07) is 31.6. The molecule has 9 heteroatoms. The van der Waals surface area contributed by atoms with Crippen molar-refractivity contribution in [2.24, 2.45) is 0 Å². The van der Waals surface area contributed by atoms with E-state index in [-0.39, 0.29) is 17.6 Å². The lowest BCUT2D eigenvalue weighted by molar-refractivity contribution is 0.0931. The Kier molecular flexibility index (Phi) is 7.77. The maximum atomic E-state index is 13.2. The number of nitrogens with one attached hydrogen (secondary N) is 1. The second-order valence-corrected chi connectivity index (χ2v) is 10.4. The summed E-state index contributed by atoms with van der Waals surface area (Å²) >= 11 is 1.42. The first kappa shape index (κ1) is 26.3. The molecule has 41 heavy (non-hydrogen) atoms. The molecule has 6 rings (SSSR count). The van der Waals surface area contributed by atoms with Gasteiger partial charge < -0.3 is 14.2 Å². The van der Waals surface area contributed by atoms with Crippen molar-refractivity contribution < 1.29 is 13.6 Å². The normalized spacial score (nSPS) is 11.8. The van der Waals surface area contributed by atoms with E-state index < -0.39 is 0 Å². The Morgan fingerprint density at radius 3 is 2.49 bits per heavy atom. The molecule has 1 atom stereocenters. The number of carbonyl (C=O) groups excluding carboxylic acids is 1. The van der Waals surface area contributed by atoms with Crippen LogP contribution in [0.3, 0.4) is 0 Å². The number of furan rings is 1. The molecule has 1 N–H and O–H groups in total. The molecule has 0 aliphatic carbocycles. The third-order valence-electron chi connectivity index (χ3n) is 6.53. The Labute approximate surface area is 241 Å². The molecule has 1 amide bonds. The predicted molar refractivity (Wildman–Crippen MR) is 157 cm³/mol. The first-order chi connectivity index (χ1) is 20.1. The molecule has 0 fully saturated rings. The van der Waals surface area contributed by atoms with E-state index in [9.17, 15) is 4.79 Å².